The highest BCUT2D eigenvalue weighted by Crippen LogP contribution is 2.15. The third kappa shape index (κ3) is 3.29. The summed E-state index contributed by atoms with van der Waals surface area (Å²) in [6.07, 6.45) is 2.96. The van der Waals surface area contributed by atoms with E-state index < -0.39 is 7.32 Å². The minimum Gasteiger partial charge on any atom is -0.509 e. The van der Waals surface area contributed by atoms with Crippen LogP contribution >= 0.6 is 0 Å². The molecule has 0 unspecified atom stereocenters. The van der Waals surface area contributed by atoms with Crippen LogP contribution in [0.1, 0.15) is 6.92 Å². The Kier molecular flexibility index (Phi) is 3.77. The largest absolute Gasteiger partial charge is 0.707 e. The highest BCUT2D eigenvalue weighted by Gasteiger charge is 2.19. The van der Waals surface area contributed by atoms with Crippen LogP contribution < -0.4 is 9.55 Å². The standard InChI is InChI=1S/C9H14BN3O4/c1-7-6-13(2-3-16-7)9-11-4-8(5-12-9)17-10(14)15/h4-5,7,14-15H,2-3,6H2,1H3/t7-/m0/s1. The topological polar surface area (TPSA) is 87.9 Å². The van der Waals surface area contributed by atoms with E-state index in [4.69, 9.17) is 14.8 Å². The van der Waals surface area contributed by atoms with Gasteiger partial charge < -0.3 is 24.3 Å². The van der Waals surface area contributed by atoms with Gasteiger partial charge in [0, 0.05) is 13.1 Å². The average Bonchev–Trinajstić information content (AvgIpc) is 2.29. The van der Waals surface area contributed by atoms with Crippen molar-refractivity contribution in [2.75, 3.05) is 24.6 Å². The summed E-state index contributed by atoms with van der Waals surface area (Å²) in [6.45, 7) is 4.12. The molecule has 1 aliphatic heterocycles. The Balaban J connectivity index is 2.01. The van der Waals surface area contributed by atoms with Crippen LogP contribution in [0.4, 0.5) is 5.95 Å². The van der Waals surface area contributed by atoms with Crippen LogP contribution in [0.15, 0.2) is 12.4 Å². The molecule has 1 atom stereocenters. The zero-order chi connectivity index (χ0) is 12.3. The minimum atomic E-state index is -1.85. The number of anilines is 1. The molecular formula is C9H14BN3O4. The van der Waals surface area contributed by atoms with E-state index in [2.05, 4.69) is 14.6 Å². The number of rotatable bonds is 3. The SMILES string of the molecule is C[C@H]1CN(c2ncc(OB(O)O)cn2)CCO1. The molecule has 1 fully saturated rings. The first kappa shape index (κ1) is 12.1. The minimum absolute atomic E-state index is 0.155. The van der Waals surface area contributed by atoms with Crippen molar-refractivity contribution in [1.82, 2.24) is 9.97 Å². The molecule has 1 aromatic heterocycles. The first-order chi connectivity index (χ1) is 8.15. The number of nitrogens with zero attached hydrogens (tertiary/aromatic N) is 3. The van der Waals surface area contributed by atoms with E-state index in [1.807, 2.05) is 11.8 Å². The molecule has 7 nitrogen and oxygen atoms in total. The average molecular weight is 239 g/mol. The van der Waals surface area contributed by atoms with Crippen molar-refractivity contribution in [3.63, 3.8) is 0 Å². The van der Waals surface area contributed by atoms with Gasteiger partial charge in [-0.05, 0) is 6.92 Å². The number of ether oxygens (including phenoxy) is 1. The second-order valence-electron chi connectivity index (χ2n) is 3.79. The molecule has 1 saturated heterocycles. The molecule has 92 valence electrons. The van der Waals surface area contributed by atoms with Crippen molar-refractivity contribution < 1.29 is 19.4 Å². The number of hydrogen-bond acceptors (Lipinski definition) is 7. The fraction of sp³-hybridized carbons (Fsp3) is 0.556. The maximum Gasteiger partial charge on any atom is 0.707 e. The summed E-state index contributed by atoms with van der Waals surface area (Å²) in [5.41, 5.74) is 0. The van der Waals surface area contributed by atoms with E-state index in [-0.39, 0.29) is 11.9 Å². The fourth-order valence-electron chi connectivity index (χ4n) is 1.66. The second kappa shape index (κ2) is 5.30. The molecule has 8 heteroatoms. The third-order valence-electron chi connectivity index (χ3n) is 2.38. The smallest absolute Gasteiger partial charge is 0.509 e. The van der Waals surface area contributed by atoms with Crippen molar-refractivity contribution in [1.29, 1.82) is 0 Å². The molecule has 1 aliphatic rings. The Bertz CT molecular complexity index is 362. The Morgan fingerprint density at radius 3 is 2.76 bits per heavy atom. The van der Waals surface area contributed by atoms with Gasteiger partial charge in [0.25, 0.3) is 0 Å². The lowest BCUT2D eigenvalue weighted by Gasteiger charge is -2.30. The fourth-order valence-corrected chi connectivity index (χ4v) is 1.66. The number of hydrogen-bond donors (Lipinski definition) is 2. The summed E-state index contributed by atoms with van der Waals surface area (Å²) < 4.78 is 10.0. The van der Waals surface area contributed by atoms with Crippen LogP contribution in [0, 0.1) is 0 Å². The lowest BCUT2D eigenvalue weighted by Crippen LogP contribution is -2.41. The van der Waals surface area contributed by atoms with Crippen molar-refractivity contribution in [3.05, 3.63) is 12.4 Å². The van der Waals surface area contributed by atoms with E-state index in [0.29, 0.717) is 12.6 Å². The third-order valence-corrected chi connectivity index (χ3v) is 2.38. The highest BCUT2D eigenvalue weighted by atomic mass is 16.6. The molecule has 0 radical (unpaired) electrons. The molecule has 2 N–H and O–H groups in total. The molecule has 0 aliphatic carbocycles. The van der Waals surface area contributed by atoms with Gasteiger partial charge in [0.05, 0.1) is 25.1 Å². The molecule has 0 saturated carbocycles. The van der Waals surface area contributed by atoms with Gasteiger partial charge in [0.1, 0.15) is 5.75 Å². The van der Waals surface area contributed by atoms with Gasteiger partial charge >= 0.3 is 7.32 Å². The van der Waals surface area contributed by atoms with E-state index in [0.717, 1.165) is 13.1 Å². The van der Waals surface area contributed by atoms with Crippen molar-refractivity contribution in [2.24, 2.45) is 0 Å². The maximum atomic E-state index is 8.61. The summed E-state index contributed by atoms with van der Waals surface area (Å²) in [5.74, 6) is 0.796. The Morgan fingerprint density at radius 1 is 1.47 bits per heavy atom. The predicted molar refractivity (Wildman–Crippen MR) is 60.5 cm³/mol. The van der Waals surface area contributed by atoms with Gasteiger partial charge in [-0.3, -0.25) is 0 Å². The lowest BCUT2D eigenvalue weighted by molar-refractivity contribution is 0.0526. The van der Waals surface area contributed by atoms with Crippen LogP contribution in [0.5, 0.6) is 5.75 Å². The van der Waals surface area contributed by atoms with Crippen LogP contribution in [0.2, 0.25) is 0 Å². The number of morpholine rings is 1. The molecule has 0 aromatic carbocycles. The lowest BCUT2D eigenvalue weighted by atomic mass is 10.2. The molecule has 2 heterocycles. The van der Waals surface area contributed by atoms with E-state index >= 15 is 0 Å². The summed E-state index contributed by atoms with van der Waals surface area (Å²) in [7, 11) is -1.85. The van der Waals surface area contributed by atoms with Crippen molar-refractivity contribution in [3.8, 4) is 5.75 Å². The van der Waals surface area contributed by atoms with Gasteiger partial charge in [-0.1, -0.05) is 0 Å². The quantitative estimate of drug-likeness (QED) is 0.657. The zero-order valence-corrected chi connectivity index (χ0v) is 9.48. The summed E-state index contributed by atoms with van der Waals surface area (Å²) in [5, 5.41) is 17.2. The van der Waals surface area contributed by atoms with Crippen molar-refractivity contribution in [2.45, 2.75) is 13.0 Å². The molecular weight excluding hydrogens is 225 g/mol. The molecule has 17 heavy (non-hydrogen) atoms. The zero-order valence-electron chi connectivity index (χ0n) is 9.48. The van der Waals surface area contributed by atoms with Gasteiger partial charge in [0.15, 0.2) is 0 Å². The van der Waals surface area contributed by atoms with Crippen LogP contribution in [-0.4, -0.2) is 53.1 Å². The van der Waals surface area contributed by atoms with Gasteiger partial charge in [-0.15, -0.1) is 0 Å². The van der Waals surface area contributed by atoms with Crippen LogP contribution in [0.25, 0.3) is 0 Å². The van der Waals surface area contributed by atoms with E-state index in [1.165, 1.54) is 12.4 Å². The number of aromatic nitrogens is 2. The Hall–Kier alpha value is -1.38. The summed E-state index contributed by atoms with van der Waals surface area (Å²) in [6, 6.07) is 0. The van der Waals surface area contributed by atoms with Gasteiger partial charge in [-0.25, -0.2) is 9.97 Å². The van der Waals surface area contributed by atoms with Crippen LogP contribution in [-0.2, 0) is 4.74 Å². The summed E-state index contributed by atoms with van der Waals surface area (Å²) >= 11 is 0. The maximum absolute atomic E-state index is 8.61. The van der Waals surface area contributed by atoms with Crippen molar-refractivity contribution >= 4 is 13.3 Å². The molecule has 0 bridgehead atoms. The normalized spacial score (nSPS) is 20.2. The van der Waals surface area contributed by atoms with Gasteiger partial charge in [0.2, 0.25) is 5.95 Å². The molecule has 0 spiro atoms. The molecule has 2 rings (SSSR count). The molecule has 0 amide bonds. The Labute approximate surface area is 99.2 Å². The Morgan fingerprint density at radius 2 is 2.18 bits per heavy atom. The van der Waals surface area contributed by atoms with E-state index in [1.54, 1.807) is 0 Å². The second-order valence-corrected chi connectivity index (χ2v) is 3.79. The monoisotopic (exact) mass is 239 g/mol. The first-order valence-corrected chi connectivity index (χ1v) is 5.36. The highest BCUT2D eigenvalue weighted by molar-refractivity contribution is 6.33. The van der Waals surface area contributed by atoms with E-state index in [9.17, 15) is 0 Å². The molecule has 1 aromatic rings. The predicted octanol–water partition coefficient (Wildman–Crippen LogP) is -0.950. The van der Waals surface area contributed by atoms with Crippen LogP contribution in [0.3, 0.4) is 0 Å². The van der Waals surface area contributed by atoms with Gasteiger partial charge in [-0.2, -0.15) is 0 Å². The summed E-state index contributed by atoms with van der Waals surface area (Å²) in [4.78, 5) is 10.2. The first-order valence-electron chi connectivity index (χ1n) is 5.36.